The Hall–Kier alpha value is -3.45. The molecule has 176 valence electrons. The SMILES string of the molecule is O=C(O)C(F)(F)F.c1ccc(COc2ncccc2Nc2nsnc2N2CCNCC2)cc1. The number of carboxylic acids is 1. The summed E-state index contributed by atoms with van der Waals surface area (Å²) in [6, 6.07) is 13.9. The minimum Gasteiger partial charge on any atom is -0.475 e. The third-order valence-electron chi connectivity index (χ3n) is 4.37. The van der Waals surface area contributed by atoms with Crippen molar-refractivity contribution in [3.05, 3.63) is 54.2 Å². The third-order valence-corrected chi connectivity index (χ3v) is 4.89. The first-order chi connectivity index (χ1) is 15.8. The maximum absolute atomic E-state index is 10.6. The van der Waals surface area contributed by atoms with Crippen LogP contribution in [0.4, 0.5) is 30.5 Å². The zero-order chi connectivity index (χ0) is 23.7. The molecule has 1 saturated heterocycles. The Morgan fingerprint density at radius 3 is 2.52 bits per heavy atom. The summed E-state index contributed by atoms with van der Waals surface area (Å²) in [7, 11) is 0. The van der Waals surface area contributed by atoms with E-state index >= 15 is 0 Å². The van der Waals surface area contributed by atoms with Crippen molar-refractivity contribution in [2.75, 3.05) is 36.4 Å². The Bertz CT molecular complexity index is 1030. The van der Waals surface area contributed by atoms with E-state index in [0.29, 0.717) is 12.5 Å². The number of halogens is 3. The molecule has 4 rings (SSSR count). The summed E-state index contributed by atoms with van der Waals surface area (Å²) in [5.41, 5.74) is 1.88. The fourth-order valence-electron chi connectivity index (χ4n) is 2.80. The van der Waals surface area contributed by atoms with E-state index in [4.69, 9.17) is 14.6 Å². The van der Waals surface area contributed by atoms with E-state index in [1.165, 1.54) is 11.7 Å². The predicted molar refractivity (Wildman–Crippen MR) is 117 cm³/mol. The van der Waals surface area contributed by atoms with Crippen molar-refractivity contribution in [1.29, 1.82) is 0 Å². The maximum Gasteiger partial charge on any atom is 0.490 e. The molecule has 3 aromatic rings. The fraction of sp³-hybridized carbons (Fsp3) is 0.300. The first-order valence-corrected chi connectivity index (χ1v) is 10.5. The van der Waals surface area contributed by atoms with Crippen LogP contribution in [0.2, 0.25) is 0 Å². The van der Waals surface area contributed by atoms with Crippen LogP contribution in [0.25, 0.3) is 0 Å². The summed E-state index contributed by atoms with van der Waals surface area (Å²) in [6.45, 7) is 4.21. The summed E-state index contributed by atoms with van der Waals surface area (Å²) >= 11 is 1.21. The molecule has 0 bridgehead atoms. The molecule has 1 aliphatic rings. The minimum absolute atomic E-state index is 0.465. The van der Waals surface area contributed by atoms with Crippen LogP contribution in [0.3, 0.4) is 0 Å². The molecule has 0 radical (unpaired) electrons. The number of anilines is 3. The molecule has 13 heteroatoms. The lowest BCUT2D eigenvalue weighted by Gasteiger charge is -2.27. The van der Waals surface area contributed by atoms with E-state index in [9.17, 15) is 13.2 Å². The number of carbonyl (C=O) groups is 1. The number of rotatable bonds is 6. The smallest absolute Gasteiger partial charge is 0.475 e. The van der Waals surface area contributed by atoms with E-state index in [0.717, 1.165) is 49.1 Å². The summed E-state index contributed by atoms with van der Waals surface area (Å²) in [4.78, 5) is 15.5. The Kier molecular flexibility index (Phi) is 8.38. The van der Waals surface area contributed by atoms with Crippen LogP contribution in [-0.2, 0) is 11.4 Å². The Morgan fingerprint density at radius 2 is 1.85 bits per heavy atom. The van der Waals surface area contributed by atoms with Gasteiger partial charge in [0.05, 0.1) is 11.7 Å². The van der Waals surface area contributed by atoms with Gasteiger partial charge in [0.15, 0.2) is 11.6 Å². The second kappa shape index (κ2) is 11.4. The molecule has 2 aromatic heterocycles. The summed E-state index contributed by atoms with van der Waals surface area (Å²) in [6.07, 6.45) is -3.36. The highest BCUT2D eigenvalue weighted by atomic mass is 32.1. The van der Waals surface area contributed by atoms with Crippen molar-refractivity contribution in [3.63, 3.8) is 0 Å². The Labute approximate surface area is 191 Å². The number of piperazine rings is 1. The van der Waals surface area contributed by atoms with E-state index in [1.54, 1.807) is 6.20 Å². The molecule has 0 atom stereocenters. The molecule has 1 aliphatic heterocycles. The molecule has 1 fully saturated rings. The molecular formula is C20H21F3N6O3S. The predicted octanol–water partition coefficient (Wildman–Crippen LogP) is 3.30. The summed E-state index contributed by atoms with van der Waals surface area (Å²) in [5, 5.41) is 13.8. The number of benzene rings is 1. The highest BCUT2D eigenvalue weighted by Crippen LogP contribution is 2.30. The number of carboxylic acid groups (broad SMARTS) is 1. The quantitative estimate of drug-likeness (QED) is 0.487. The first kappa shape index (κ1) is 24.2. The highest BCUT2D eigenvalue weighted by molar-refractivity contribution is 6.99. The van der Waals surface area contributed by atoms with E-state index in [2.05, 4.69) is 29.3 Å². The van der Waals surface area contributed by atoms with Crippen LogP contribution in [0.5, 0.6) is 5.88 Å². The number of aliphatic carboxylic acids is 1. The van der Waals surface area contributed by atoms with E-state index < -0.39 is 12.1 Å². The van der Waals surface area contributed by atoms with Gasteiger partial charge in [-0.15, -0.1) is 0 Å². The number of nitrogens with zero attached hydrogens (tertiary/aromatic N) is 4. The number of hydrogen-bond acceptors (Lipinski definition) is 9. The molecule has 33 heavy (non-hydrogen) atoms. The molecule has 3 heterocycles. The Balaban J connectivity index is 0.000000383. The molecule has 3 N–H and O–H groups in total. The van der Waals surface area contributed by atoms with Crippen molar-refractivity contribution in [1.82, 2.24) is 19.0 Å². The molecule has 1 aromatic carbocycles. The van der Waals surface area contributed by atoms with Gasteiger partial charge in [-0.05, 0) is 17.7 Å². The number of nitrogens with one attached hydrogen (secondary N) is 2. The largest absolute Gasteiger partial charge is 0.490 e. The van der Waals surface area contributed by atoms with Crippen molar-refractivity contribution in [3.8, 4) is 5.88 Å². The molecule has 0 unspecified atom stereocenters. The van der Waals surface area contributed by atoms with Crippen LogP contribution < -0.4 is 20.3 Å². The van der Waals surface area contributed by atoms with Crippen molar-refractivity contribution >= 4 is 35.0 Å². The normalized spacial score (nSPS) is 13.6. The van der Waals surface area contributed by atoms with Gasteiger partial charge in [-0.25, -0.2) is 9.78 Å². The zero-order valence-corrected chi connectivity index (χ0v) is 18.1. The van der Waals surface area contributed by atoms with E-state index in [1.807, 2.05) is 42.5 Å². The molecule has 9 nitrogen and oxygen atoms in total. The zero-order valence-electron chi connectivity index (χ0n) is 17.2. The fourth-order valence-corrected chi connectivity index (χ4v) is 3.33. The third kappa shape index (κ3) is 7.29. The summed E-state index contributed by atoms with van der Waals surface area (Å²) in [5.74, 6) is -0.577. The average Bonchev–Trinajstić information content (AvgIpc) is 3.28. The molecular weight excluding hydrogens is 461 g/mol. The topological polar surface area (TPSA) is 112 Å². The van der Waals surface area contributed by atoms with Crippen LogP contribution in [0, 0.1) is 0 Å². The van der Waals surface area contributed by atoms with Crippen LogP contribution in [0.15, 0.2) is 48.7 Å². The van der Waals surface area contributed by atoms with Gasteiger partial charge in [-0.2, -0.15) is 21.9 Å². The standard InChI is InChI=1S/C18H20N6OS.C2HF3O2/c1-2-5-14(6-3-1)13-25-18-15(7-4-8-20-18)21-16-17(23-26-22-16)24-11-9-19-10-12-24;3-2(4,5)1(6)7/h1-8,19H,9-13H2,(H,21,22);(H,6,7). The lowest BCUT2D eigenvalue weighted by atomic mass is 10.2. The van der Waals surface area contributed by atoms with Crippen molar-refractivity contribution in [2.24, 2.45) is 0 Å². The second-order valence-electron chi connectivity index (χ2n) is 6.73. The molecule has 0 saturated carbocycles. The maximum atomic E-state index is 10.6. The van der Waals surface area contributed by atoms with Gasteiger partial charge in [-0.3, -0.25) is 0 Å². The van der Waals surface area contributed by atoms with Crippen LogP contribution >= 0.6 is 11.7 Å². The second-order valence-corrected chi connectivity index (χ2v) is 7.26. The van der Waals surface area contributed by atoms with Crippen LogP contribution in [-0.4, -0.2) is 57.2 Å². The van der Waals surface area contributed by atoms with Crippen molar-refractivity contribution in [2.45, 2.75) is 12.8 Å². The number of ether oxygens (including phenoxy) is 1. The van der Waals surface area contributed by atoms with Gasteiger partial charge in [0, 0.05) is 32.4 Å². The Morgan fingerprint density at radius 1 is 1.15 bits per heavy atom. The van der Waals surface area contributed by atoms with Gasteiger partial charge < -0.3 is 25.4 Å². The molecule has 0 amide bonds. The number of hydrogen-bond donors (Lipinski definition) is 3. The highest BCUT2D eigenvalue weighted by Gasteiger charge is 2.38. The van der Waals surface area contributed by atoms with Crippen LogP contribution in [0.1, 0.15) is 5.56 Å². The number of pyridine rings is 1. The monoisotopic (exact) mass is 482 g/mol. The number of aromatic nitrogens is 3. The molecule has 0 spiro atoms. The van der Waals surface area contributed by atoms with Gasteiger partial charge in [0.2, 0.25) is 5.88 Å². The minimum atomic E-state index is -5.08. The lowest BCUT2D eigenvalue weighted by Crippen LogP contribution is -2.43. The van der Waals surface area contributed by atoms with Gasteiger partial charge in [0.25, 0.3) is 0 Å². The first-order valence-electron chi connectivity index (χ1n) is 9.81. The van der Waals surface area contributed by atoms with Gasteiger partial charge in [-0.1, -0.05) is 30.3 Å². The lowest BCUT2D eigenvalue weighted by molar-refractivity contribution is -0.192. The average molecular weight is 482 g/mol. The van der Waals surface area contributed by atoms with E-state index in [-0.39, 0.29) is 0 Å². The van der Waals surface area contributed by atoms with Gasteiger partial charge >= 0.3 is 12.1 Å². The molecule has 0 aliphatic carbocycles. The van der Waals surface area contributed by atoms with Crippen molar-refractivity contribution < 1.29 is 27.8 Å². The number of alkyl halides is 3. The summed E-state index contributed by atoms with van der Waals surface area (Å²) < 4.78 is 46.5. The van der Waals surface area contributed by atoms with Gasteiger partial charge in [0.1, 0.15) is 12.3 Å².